The Morgan fingerprint density at radius 3 is 0.400 bits per heavy atom. The van der Waals surface area contributed by atoms with Gasteiger partial charge < -0.3 is 0 Å². The second-order valence-electron chi connectivity index (χ2n) is 0. The Morgan fingerprint density at radius 2 is 0.400 bits per heavy atom. The van der Waals surface area contributed by atoms with Crippen molar-refractivity contribution in [2.75, 3.05) is 0 Å². The average Bonchev–Trinajstić information content (AvgIpc) is 0. The van der Waals surface area contributed by atoms with Gasteiger partial charge in [0.2, 0.25) is 0 Å². The normalized spacial score (nSPS) is 0. The standard InChI is InChI=1S/B.4BrH/h;4*1H. The first-order valence-corrected chi connectivity index (χ1v) is 0. The zero-order chi connectivity index (χ0) is 0. The fourth-order valence-corrected chi connectivity index (χ4v) is 0. The lowest BCUT2D eigenvalue weighted by molar-refractivity contribution is 5.75. The summed E-state index contributed by atoms with van der Waals surface area (Å²) in [6.07, 6.45) is 0. The summed E-state index contributed by atoms with van der Waals surface area (Å²) in [5.41, 5.74) is 0. The van der Waals surface area contributed by atoms with Gasteiger partial charge in [-0.1, -0.05) is 0 Å². The maximum absolute atomic E-state index is 0. The highest BCUT2D eigenvalue weighted by atomic mass is 79.9. The van der Waals surface area contributed by atoms with Crippen molar-refractivity contribution in [3.8, 4) is 0 Å². The van der Waals surface area contributed by atoms with Crippen molar-refractivity contribution in [1.82, 2.24) is 0 Å². The molecule has 0 saturated heterocycles. The van der Waals surface area contributed by atoms with E-state index < -0.39 is 0 Å². The van der Waals surface area contributed by atoms with E-state index in [0.717, 1.165) is 0 Å². The zero-order valence-electron chi connectivity index (χ0n) is 2.21. The molecule has 0 spiro atoms. The van der Waals surface area contributed by atoms with E-state index >= 15 is 0 Å². The van der Waals surface area contributed by atoms with E-state index in [1.54, 1.807) is 0 Å². The molecule has 0 nitrogen and oxygen atoms in total. The molecule has 0 unspecified atom stereocenters. The molecule has 0 atom stereocenters. The van der Waals surface area contributed by atoms with Crippen LogP contribution < -0.4 is 0 Å². The van der Waals surface area contributed by atoms with Crippen LogP contribution in [-0.2, 0) is 0 Å². The van der Waals surface area contributed by atoms with Gasteiger partial charge in [-0.25, -0.2) is 0 Å². The Kier molecular flexibility index (Phi) is 479. The van der Waals surface area contributed by atoms with E-state index in [4.69, 9.17) is 0 Å². The molecule has 0 aromatic heterocycles. The second-order valence-corrected chi connectivity index (χ2v) is 0. The quantitative estimate of drug-likeness (QED) is 0.594. The van der Waals surface area contributed by atoms with Crippen LogP contribution in [0.15, 0.2) is 0 Å². The van der Waals surface area contributed by atoms with Crippen LogP contribution in [-0.4, -0.2) is 8.41 Å². The molecular weight excluding hydrogens is 330 g/mol. The molecule has 0 rings (SSSR count). The highest BCUT2D eigenvalue weighted by Crippen LogP contribution is 0.849. The number of hydrogen-bond acceptors (Lipinski definition) is 0. The van der Waals surface area contributed by atoms with Gasteiger partial charge in [0.05, 0.1) is 0 Å². The van der Waals surface area contributed by atoms with Crippen LogP contribution in [0.2, 0.25) is 0 Å². The topological polar surface area (TPSA) is 0 Å². The van der Waals surface area contributed by atoms with Crippen molar-refractivity contribution in [2.24, 2.45) is 0 Å². The van der Waals surface area contributed by atoms with Crippen molar-refractivity contribution in [1.29, 1.82) is 0 Å². The van der Waals surface area contributed by atoms with E-state index in [2.05, 4.69) is 0 Å². The molecule has 35 valence electrons. The number of hydrogen-bond donors (Lipinski definition) is 0. The lowest BCUT2D eigenvalue weighted by atomic mass is 10.8. The van der Waals surface area contributed by atoms with Crippen LogP contribution in [0.3, 0.4) is 0 Å². The van der Waals surface area contributed by atoms with Gasteiger partial charge in [0.25, 0.3) is 0 Å². The Morgan fingerprint density at radius 1 is 0.400 bits per heavy atom. The number of halogens is 4. The van der Waals surface area contributed by atoms with Crippen LogP contribution in [0.1, 0.15) is 0 Å². The molecule has 0 aliphatic heterocycles. The molecule has 0 bridgehead atoms. The second kappa shape index (κ2) is 37.7. The van der Waals surface area contributed by atoms with Gasteiger partial charge in [-0.2, -0.15) is 0 Å². The van der Waals surface area contributed by atoms with Gasteiger partial charge >= 0.3 is 0 Å². The summed E-state index contributed by atoms with van der Waals surface area (Å²) in [5, 5.41) is 0. The van der Waals surface area contributed by atoms with Crippen LogP contribution in [0.5, 0.6) is 0 Å². The predicted octanol–water partition coefficient (Wildman–Crippen LogP) is 1.93. The minimum Gasteiger partial charge on any atom is -0.114 e. The molecule has 5 heteroatoms. The molecule has 0 aliphatic carbocycles. The van der Waals surface area contributed by atoms with Gasteiger partial charge in [-0.15, -0.1) is 67.9 Å². The monoisotopic (exact) mass is 331 g/mol. The predicted molar refractivity (Wildman–Crippen MR) is 47.0 cm³/mol. The van der Waals surface area contributed by atoms with Crippen LogP contribution in [0.25, 0.3) is 0 Å². The van der Waals surface area contributed by atoms with Crippen molar-refractivity contribution in [2.45, 2.75) is 0 Å². The molecule has 0 N–H and O–H groups in total. The highest BCUT2D eigenvalue weighted by molar-refractivity contribution is 8.93. The Bertz CT molecular complexity index is 3.61. The van der Waals surface area contributed by atoms with Crippen LogP contribution in [0.4, 0.5) is 0 Å². The number of rotatable bonds is 0. The van der Waals surface area contributed by atoms with Crippen LogP contribution in [0, 0.1) is 0 Å². The van der Waals surface area contributed by atoms with Crippen molar-refractivity contribution >= 4 is 76.3 Å². The van der Waals surface area contributed by atoms with E-state index in [1.165, 1.54) is 0 Å². The third-order valence-electron chi connectivity index (χ3n) is 0. The molecule has 0 fully saturated rings. The summed E-state index contributed by atoms with van der Waals surface area (Å²) in [5.74, 6) is 0. The van der Waals surface area contributed by atoms with E-state index in [-0.39, 0.29) is 76.3 Å². The average molecular weight is 334 g/mol. The minimum atomic E-state index is 0. The van der Waals surface area contributed by atoms with E-state index in [0.29, 0.717) is 0 Å². The Balaban J connectivity index is 0. The summed E-state index contributed by atoms with van der Waals surface area (Å²) in [7, 11) is 0. The summed E-state index contributed by atoms with van der Waals surface area (Å²) >= 11 is 0. The zero-order valence-corrected chi connectivity index (χ0v) is 9.06. The van der Waals surface area contributed by atoms with Gasteiger partial charge in [0.1, 0.15) is 0 Å². The summed E-state index contributed by atoms with van der Waals surface area (Å²) in [6.45, 7) is 0. The van der Waals surface area contributed by atoms with Crippen LogP contribution >= 0.6 is 67.9 Å². The lowest BCUT2D eigenvalue weighted by Crippen LogP contribution is -0.381. The molecule has 0 aromatic rings. The smallest absolute Gasteiger partial charge is 0 e. The Labute approximate surface area is 75.7 Å². The molecular formula is H4BBr4. The highest BCUT2D eigenvalue weighted by Gasteiger charge is 0.0000362. The first-order chi connectivity index (χ1) is 0. The maximum Gasteiger partial charge on any atom is 0 e. The van der Waals surface area contributed by atoms with Gasteiger partial charge in [0, 0.05) is 8.41 Å². The molecule has 0 heterocycles. The molecule has 0 aromatic carbocycles. The van der Waals surface area contributed by atoms with E-state index in [1.807, 2.05) is 0 Å². The molecule has 0 saturated carbocycles. The van der Waals surface area contributed by atoms with E-state index in [9.17, 15) is 0 Å². The maximum atomic E-state index is 0. The molecule has 0 aliphatic rings. The van der Waals surface area contributed by atoms with Gasteiger partial charge in [-0.05, 0) is 0 Å². The summed E-state index contributed by atoms with van der Waals surface area (Å²) in [6, 6.07) is 0. The first-order valence-electron chi connectivity index (χ1n) is 0. The minimum absolute atomic E-state index is 0. The first kappa shape index (κ1) is 63.5. The van der Waals surface area contributed by atoms with Gasteiger partial charge in [0.15, 0.2) is 0 Å². The Hall–Kier alpha value is 1.98. The molecule has 0 amide bonds. The summed E-state index contributed by atoms with van der Waals surface area (Å²) in [4.78, 5) is 0. The molecule has 3 radical (unpaired) electrons. The van der Waals surface area contributed by atoms with Crippen molar-refractivity contribution < 1.29 is 0 Å². The fraction of sp³-hybridized carbons (Fsp3) is 0. The fourth-order valence-electron chi connectivity index (χ4n) is 0. The largest absolute Gasteiger partial charge is 0.114 e. The molecule has 5 heavy (non-hydrogen) atoms. The lowest BCUT2D eigenvalue weighted by Gasteiger charge is -0.115. The van der Waals surface area contributed by atoms with Gasteiger partial charge in [-0.3, -0.25) is 0 Å². The summed E-state index contributed by atoms with van der Waals surface area (Å²) < 4.78 is 0. The van der Waals surface area contributed by atoms with Crippen molar-refractivity contribution in [3.05, 3.63) is 0 Å². The van der Waals surface area contributed by atoms with Crippen molar-refractivity contribution in [3.63, 3.8) is 0 Å². The third kappa shape index (κ3) is 24.1. The SMILES string of the molecule is Br.Br.Br.Br.[B]. The third-order valence-corrected chi connectivity index (χ3v) is 0.